The van der Waals surface area contributed by atoms with Crippen LogP contribution in [0.4, 0.5) is 0 Å². The molecule has 0 aliphatic carbocycles. The monoisotopic (exact) mass is 465 g/mol. The summed E-state index contributed by atoms with van der Waals surface area (Å²) in [7, 11) is -1.94. The Hall–Kier alpha value is -1.94. The summed E-state index contributed by atoms with van der Waals surface area (Å²) >= 11 is 6.27. The number of piperidine rings is 1. The quantitative estimate of drug-likeness (QED) is 0.673. The Kier molecular flexibility index (Phi) is 6.66. The lowest BCUT2D eigenvalue weighted by molar-refractivity contribution is -0.138. The lowest BCUT2D eigenvalue weighted by Crippen LogP contribution is -2.52. The van der Waals surface area contributed by atoms with Gasteiger partial charge in [-0.25, -0.2) is 8.42 Å². The SMILES string of the molecule is Cn1cc(S(=O)(=O)N2CCC[C@H](C(=O)N3CCN(Cc4ccccc4Cl)CC3)C2)cn1. The normalized spacial score (nSPS) is 21.4. The molecule has 4 rings (SSSR count). The van der Waals surface area contributed by atoms with Gasteiger partial charge in [0.2, 0.25) is 15.9 Å². The summed E-state index contributed by atoms with van der Waals surface area (Å²) in [5, 5.41) is 4.73. The van der Waals surface area contributed by atoms with Gasteiger partial charge in [0.15, 0.2) is 0 Å². The van der Waals surface area contributed by atoms with Gasteiger partial charge >= 0.3 is 0 Å². The number of halogens is 1. The fourth-order valence-electron chi connectivity index (χ4n) is 4.30. The summed E-state index contributed by atoms with van der Waals surface area (Å²) in [6.45, 7) is 4.29. The molecule has 10 heteroatoms. The number of hydrogen-bond donors (Lipinski definition) is 0. The molecular formula is C21H28ClN5O3S. The molecule has 2 saturated heterocycles. The average Bonchev–Trinajstić information content (AvgIpc) is 3.23. The van der Waals surface area contributed by atoms with Crippen LogP contribution in [0.15, 0.2) is 41.6 Å². The van der Waals surface area contributed by atoms with Crippen molar-refractivity contribution >= 4 is 27.5 Å². The van der Waals surface area contributed by atoms with Gasteiger partial charge in [-0.05, 0) is 24.5 Å². The predicted molar refractivity (Wildman–Crippen MR) is 118 cm³/mol. The molecule has 0 radical (unpaired) electrons. The van der Waals surface area contributed by atoms with Gasteiger partial charge in [0, 0.05) is 64.1 Å². The minimum absolute atomic E-state index is 0.0588. The first-order chi connectivity index (χ1) is 14.8. The van der Waals surface area contributed by atoms with Crippen molar-refractivity contribution in [3.8, 4) is 0 Å². The molecular weight excluding hydrogens is 438 g/mol. The maximum absolute atomic E-state index is 13.1. The minimum atomic E-state index is -3.63. The topological polar surface area (TPSA) is 78.8 Å². The molecule has 0 N–H and O–H groups in total. The van der Waals surface area contributed by atoms with Crippen LogP contribution in [-0.2, 0) is 28.4 Å². The van der Waals surface area contributed by atoms with E-state index in [1.54, 1.807) is 7.05 Å². The first-order valence-electron chi connectivity index (χ1n) is 10.6. The van der Waals surface area contributed by atoms with Crippen molar-refractivity contribution in [3.05, 3.63) is 47.2 Å². The summed E-state index contributed by atoms with van der Waals surface area (Å²) in [6.07, 6.45) is 4.26. The van der Waals surface area contributed by atoms with Crippen LogP contribution in [0.3, 0.4) is 0 Å². The lowest BCUT2D eigenvalue weighted by atomic mass is 9.97. The molecule has 1 aromatic carbocycles. The number of nitrogens with zero attached hydrogens (tertiary/aromatic N) is 5. The van der Waals surface area contributed by atoms with E-state index >= 15 is 0 Å². The third kappa shape index (κ3) is 4.95. The molecule has 0 saturated carbocycles. The molecule has 0 spiro atoms. The summed E-state index contributed by atoms with van der Waals surface area (Å²) in [4.78, 5) is 17.5. The molecule has 8 nitrogen and oxygen atoms in total. The molecule has 2 aromatic rings. The number of aromatic nitrogens is 2. The molecule has 2 fully saturated rings. The van der Waals surface area contributed by atoms with E-state index in [4.69, 9.17) is 11.6 Å². The maximum atomic E-state index is 13.1. The van der Waals surface area contributed by atoms with Gasteiger partial charge in [-0.3, -0.25) is 14.4 Å². The number of piperazine rings is 1. The van der Waals surface area contributed by atoms with Gasteiger partial charge in [0.25, 0.3) is 0 Å². The molecule has 31 heavy (non-hydrogen) atoms. The van der Waals surface area contributed by atoms with Crippen molar-refractivity contribution < 1.29 is 13.2 Å². The van der Waals surface area contributed by atoms with E-state index in [2.05, 4.69) is 10.00 Å². The fourth-order valence-corrected chi connectivity index (χ4v) is 6.00. The van der Waals surface area contributed by atoms with Crippen molar-refractivity contribution in [1.29, 1.82) is 0 Å². The summed E-state index contributed by atoms with van der Waals surface area (Å²) in [6, 6.07) is 7.82. The summed E-state index contributed by atoms with van der Waals surface area (Å²) < 4.78 is 28.7. The van der Waals surface area contributed by atoms with E-state index < -0.39 is 10.0 Å². The Morgan fingerprint density at radius 2 is 1.90 bits per heavy atom. The Balaban J connectivity index is 1.34. The highest BCUT2D eigenvalue weighted by Crippen LogP contribution is 2.25. The maximum Gasteiger partial charge on any atom is 0.246 e. The fraction of sp³-hybridized carbons (Fsp3) is 0.524. The lowest BCUT2D eigenvalue weighted by Gasteiger charge is -2.38. The minimum Gasteiger partial charge on any atom is -0.340 e. The van der Waals surface area contributed by atoms with Crippen LogP contribution in [-0.4, -0.2) is 77.5 Å². The van der Waals surface area contributed by atoms with E-state index in [-0.39, 0.29) is 23.3 Å². The molecule has 168 valence electrons. The van der Waals surface area contributed by atoms with Gasteiger partial charge in [0.05, 0.1) is 12.1 Å². The van der Waals surface area contributed by atoms with Crippen LogP contribution in [0, 0.1) is 5.92 Å². The molecule has 3 heterocycles. The van der Waals surface area contributed by atoms with Crippen LogP contribution in [0.25, 0.3) is 0 Å². The first-order valence-corrected chi connectivity index (χ1v) is 12.4. The summed E-state index contributed by atoms with van der Waals surface area (Å²) in [5.41, 5.74) is 1.09. The molecule has 1 amide bonds. The highest BCUT2D eigenvalue weighted by molar-refractivity contribution is 7.89. The van der Waals surface area contributed by atoms with Crippen molar-refractivity contribution in [2.75, 3.05) is 39.3 Å². The van der Waals surface area contributed by atoms with Crippen molar-refractivity contribution in [1.82, 2.24) is 23.9 Å². The van der Waals surface area contributed by atoms with Crippen molar-refractivity contribution in [3.63, 3.8) is 0 Å². The van der Waals surface area contributed by atoms with Crippen molar-refractivity contribution in [2.45, 2.75) is 24.3 Å². The number of benzene rings is 1. The van der Waals surface area contributed by atoms with Gasteiger partial charge in [-0.15, -0.1) is 0 Å². The third-order valence-corrected chi connectivity index (χ3v) is 8.27. The second-order valence-electron chi connectivity index (χ2n) is 8.24. The van der Waals surface area contributed by atoms with E-state index in [1.165, 1.54) is 21.4 Å². The number of hydrogen-bond acceptors (Lipinski definition) is 5. The van der Waals surface area contributed by atoms with E-state index in [9.17, 15) is 13.2 Å². The second-order valence-corrected chi connectivity index (χ2v) is 10.6. The van der Waals surface area contributed by atoms with Crippen LogP contribution < -0.4 is 0 Å². The van der Waals surface area contributed by atoms with E-state index in [0.717, 1.165) is 36.6 Å². The highest BCUT2D eigenvalue weighted by atomic mass is 35.5. The van der Waals surface area contributed by atoms with Gasteiger partial charge in [-0.2, -0.15) is 9.40 Å². The Morgan fingerprint density at radius 3 is 2.58 bits per heavy atom. The van der Waals surface area contributed by atoms with Crippen LogP contribution in [0.2, 0.25) is 5.02 Å². The second kappa shape index (κ2) is 9.28. The Bertz CT molecular complexity index is 1030. The standard InChI is InChI=1S/C21H28ClN5O3S/c1-24-16-19(13-23-24)31(29,30)27-8-4-6-18(15-27)21(28)26-11-9-25(10-12-26)14-17-5-2-3-7-20(17)22/h2-3,5,7,13,16,18H,4,6,8-12,14-15H2,1H3/t18-/m0/s1. The predicted octanol–water partition coefficient (Wildman–Crippen LogP) is 1.82. The van der Waals surface area contributed by atoms with Gasteiger partial charge < -0.3 is 4.90 Å². The average molecular weight is 466 g/mol. The zero-order chi connectivity index (χ0) is 22.0. The van der Waals surface area contributed by atoms with Gasteiger partial charge in [-0.1, -0.05) is 29.8 Å². The molecule has 0 unspecified atom stereocenters. The number of sulfonamides is 1. The summed E-state index contributed by atoms with van der Waals surface area (Å²) in [5.74, 6) is -0.237. The van der Waals surface area contributed by atoms with Crippen LogP contribution in [0.5, 0.6) is 0 Å². The Morgan fingerprint density at radius 1 is 1.16 bits per heavy atom. The zero-order valence-corrected chi connectivity index (χ0v) is 19.2. The van der Waals surface area contributed by atoms with Crippen LogP contribution >= 0.6 is 11.6 Å². The van der Waals surface area contributed by atoms with E-state index in [1.807, 2.05) is 29.2 Å². The smallest absolute Gasteiger partial charge is 0.246 e. The Labute approximate surface area is 188 Å². The number of carbonyl (C=O) groups is 1. The molecule has 1 aromatic heterocycles. The van der Waals surface area contributed by atoms with Crippen molar-refractivity contribution in [2.24, 2.45) is 13.0 Å². The number of aryl methyl sites for hydroxylation is 1. The largest absolute Gasteiger partial charge is 0.340 e. The zero-order valence-electron chi connectivity index (χ0n) is 17.7. The number of carbonyl (C=O) groups excluding carboxylic acids is 1. The first kappa shape index (κ1) is 22.3. The third-order valence-electron chi connectivity index (χ3n) is 6.09. The molecule has 1 atom stereocenters. The number of rotatable bonds is 5. The molecule has 2 aliphatic rings. The highest BCUT2D eigenvalue weighted by Gasteiger charge is 2.36. The van der Waals surface area contributed by atoms with E-state index in [0.29, 0.717) is 26.1 Å². The molecule has 2 aliphatic heterocycles. The van der Waals surface area contributed by atoms with Crippen LogP contribution in [0.1, 0.15) is 18.4 Å². The number of amides is 1. The molecule has 0 bridgehead atoms. The van der Waals surface area contributed by atoms with Gasteiger partial charge in [0.1, 0.15) is 4.90 Å².